The molecule has 0 saturated carbocycles. The maximum absolute atomic E-state index is 13.5. The van der Waals surface area contributed by atoms with Crippen LogP contribution in [0.15, 0.2) is 36.6 Å². The van der Waals surface area contributed by atoms with E-state index in [1.54, 1.807) is 0 Å². The summed E-state index contributed by atoms with van der Waals surface area (Å²) < 4.78 is 16.6. The summed E-state index contributed by atoms with van der Waals surface area (Å²) in [5.41, 5.74) is -0.732. The highest BCUT2D eigenvalue weighted by Crippen LogP contribution is 2.53. The second-order valence-electron chi connectivity index (χ2n) is 11.3. The summed E-state index contributed by atoms with van der Waals surface area (Å²) in [5.74, 6) is -2.01. The summed E-state index contributed by atoms with van der Waals surface area (Å²) in [5, 5.41) is 12.7. The molecule has 0 aromatic heterocycles. The molecule has 2 N–H and O–H groups in total. The van der Waals surface area contributed by atoms with Gasteiger partial charge in [-0.25, -0.2) is 14.4 Å². The van der Waals surface area contributed by atoms with E-state index in [2.05, 4.69) is 18.5 Å². The number of β-lactam (4-membered cyclic amide) rings is 1. The average Bonchev–Trinajstić information content (AvgIpc) is 3.15. The summed E-state index contributed by atoms with van der Waals surface area (Å²) in [6.45, 7) is 19.1. The van der Waals surface area contributed by atoms with Gasteiger partial charge in [-0.2, -0.15) is 0 Å². The maximum atomic E-state index is 13.5. The minimum atomic E-state index is -1.56. The third-order valence-corrected chi connectivity index (χ3v) is 8.43. The lowest BCUT2D eigenvalue weighted by Crippen LogP contribution is -2.70. The Kier molecular flexibility index (Phi) is 10.5. The van der Waals surface area contributed by atoms with E-state index >= 15 is 0 Å². The highest BCUT2D eigenvalue weighted by molar-refractivity contribution is 6.48. The molecule has 2 aliphatic rings. The minimum absolute atomic E-state index is 0.00957. The molecule has 0 aromatic rings. The predicted molar refractivity (Wildman–Crippen MR) is 148 cm³/mol. The third kappa shape index (κ3) is 6.91. The topological polar surface area (TPSA) is 135 Å². The third-order valence-electron chi connectivity index (χ3n) is 7.47. The van der Waals surface area contributed by atoms with Gasteiger partial charge in [-0.05, 0) is 43.8 Å². The number of carbonyl (C=O) groups is 4. The van der Waals surface area contributed by atoms with Crippen molar-refractivity contribution in [1.29, 1.82) is 0 Å². The van der Waals surface area contributed by atoms with Crippen LogP contribution >= 0.6 is 0 Å². The van der Waals surface area contributed by atoms with Gasteiger partial charge in [-0.3, -0.25) is 4.79 Å². The molecule has 1 saturated heterocycles. The zero-order valence-electron chi connectivity index (χ0n) is 24.1. The summed E-state index contributed by atoms with van der Waals surface area (Å²) >= 11 is 0. The number of carboxylic acids is 1. The molecule has 11 nitrogen and oxygen atoms in total. The molecule has 2 heterocycles. The first-order valence-electron chi connectivity index (χ1n) is 13.1. The molecule has 4 atom stereocenters. The Bertz CT molecular complexity index is 1020. The molecule has 0 spiro atoms. The minimum Gasteiger partial charge on any atom is -0.477 e. The summed E-state index contributed by atoms with van der Waals surface area (Å²) in [7, 11) is -0.0550. The highest BCUT2D eigenvalue weighted by Gasteiger charge is 2.64. The first-order chi connectivity index (χ1) is 18.1. The number of nitrogens with one attached hydrogen (secondary N) is 1. The van der Waals surface area contributed by atoms with Crippen molar-refractivity contribution in [1.82, 2.24) is 15.1 Å². The van der Waals surface area contributed by atoms with Crippen LogP contribution in [-0.2, 0) is 23.5 Å². The average molecular weight is 566 g/mol. The summed E-state index contributed by atoms with van der Waals surface area (Å²) in [6, 6.07) is -1.05. The van der Waals surface area contributed by atoms with Gasteiger partial charge in [0.1, 0.15) is 18.9 Å². The van der Waals surface area contributed by atoms with E-state index in [9.17, 15) is 24.3 Å². The van der Waals surface area contributed by atoms with Crippen molar-refractivity contribution in [2.45, 2.75) is 71.3 Å². The van der Waals surface area contributed by atoms with Gasteiger partial charge in [0.05, 0.1) is 23.6 Å². The molecule has 3 amide bonds. The number of alkyl carbamates (subject to hydrolysis) is 1. The smallest absolute Gasteiger partial charge is 0.410 e. The molecule has 0 bridgehead atoms. The van der Waals surface area contributed by atoms with E-state index in [1.807, 2.05) is 40.8 Å². The Balaban J connectivity index is 2.38. The van der Waals surface area contributed by atoms with Crippen molar-refractivity contribution in [3.63, 3.8) is 0 Å². The number of rotatable bonds is 13. The fourth-order valence-corrected chi connectivity index (χ4v) is 6.67. The van der Waals surface area contributed by atoms with Crippen molar-refractivity contribution in [3.05, 3.63) is 36.6 Å². The Hall–Kier alpha value is -3.12. The van der Waals surface area contributed by atoms with Crippen LogP contribution < -0.4 is 5.32 Å². The van der Waals surface area contributed by atoms with E-state index in [1.165, 1.54) is 29.0 Å². The molecular formula is C27H43N3O8Si. The molecule has 2 rings (SSSR count). The second kappa shape index (κ2) is 12.8. The van der Waals surface area contributed by atoms with Gasteiger partial charge in [0, 0.05) is 13.6 Å². The van der Waals surface area contributed by atoms with Gasteiger partial charge in [0.15, 0.2) is 9.04 Å². The molecule has 1 fully saturated rings. The zero-order valence-corrected chi connectivity index (χ0v) is 25.3. The van der Waals surface area contributed by atoms with Gasteiger partial charge in [-0.15, -0.1) is 0 Å². The molecule has 0 aliphatic carbocycles. The lowest BCUT2D eigenvalue weighted by Gasteiger charge is -2.57. The fourth-order valence-electron chi connectivity index (χ4n) is 5.19. The number of aliphatic carboxylic acids is 1. The van der Waals surface area contributed by atoms with Crippen molar-refractivity contribution >= 4 is 33.1 Å². The number of fused-ring (bicyclic) bond motifs is 1. The van der Waals surface area contributed by atoms with Gasteiger partial charge >= 0.3 is 18.2 Å². The van der Waals surface area contributed by atoms with Crippen molar-refractivity contribution in [2.75, 3.05) is 26.8 Å². The lowest BCUT2D eigenvalue weighted by atomic mass is 9.63. The molecule has 0 aromatic carbocycles. The zero-order chi connectivity index (χ0) is 29.7. The Morgan fingerprint density at radius 2 is 1.77 bits per heavy atom. The van der Waals surface area contributed by atoms with Crippen LogP contribution in [0.3, 0.4) is 0 Å². The number of likely N-dealkylation sites (N-methyl/N-ethyl adjacent to an activating group) is 1. The van der Waals surface area contributed by atoms with E-state index in [-0.39, 0.29) is 49.2 Å². The second-order valence-corrected chi connectivity index (χ2v) is 13.7. The van der Waals surface area contributed by atoms with Crippen LogP contribution in [0.1, 0.15) is 40.5 Å². The molecular weight excluding hydrogens is 522 g/mol. The summed E-state index contributed by atoms with van der Waals surface area (Å²) in [6.07, 6.45) is 1.90. The number of nitrogens with zero attached hydrogens (tertiary/aromatic N) is 2. The normalized spacial score (nSPS) is 20.9. The monoisotopic (exact) mass is 565 g/mol. The van der Waals surface area contributed by atoms with Crippen LogP contribution in [0, 0.1) is 11.3 Å². The first-order valence-corrected chi connectivity index (χ1v) is 15.9. The fraction of sp³-hybridized carbons (Fsp3) is 0.630. The van der Waals surface area contributed by atoms with Crippen LogP contribution in [0.25, 0.3) is 0 Å². The SMILES string of the molecule is C=CCOC(=O)NC[C@@H](CC1=C(C(=O)O)N2C(=O)[C@H]([C@@](C)(O[SiH](C)C)C(C)(C)C)[C@H]2C1)N(C)C(=O)OCC=C. The molecule has 0 radical (unpaired) electrons. The first kappa shape index (κ1) is 32.1. The molecule has 0 unspecified atom stereocenters. The number of carbonyl (C=O) groups excluding carboxylic acids is 3. The van der Waals surface area contributed by atoms with Crippen molar-refractivity contribution in [3.8, 4) is 0 Å². The predicted octanol–water partition coefficient (Wildman–Crippen LogP) is 3.29. The van der Waals surface area contributed by atoms with Gasteiger partial charge < -0.3 is 34.1 Å². The van der Waals surface area contributed by atoms with E-state index in [0.29, 0.717) is 12.0 Å². The van der Waals surface area contributed by atoms with Crippen LogP contribution in [0.5, 0.6) is 0 Å². The maximum Gasteiger partial charge on any atom is 0.410 e. The van der Waals surface area contributed by atoms with Gasteiger partial charge in [-0.1, -0.05) is 46.1 Å². The number of hydrogen-bond acceptors (Lipinski definition) is 7. The van der Waals surface area contributed by atoms with Gasteiger partial charge in [0.25, 0.3) is 0 Å². The standard InChI is InChI=1S/C27H43N3O8Si/c1-10-12-36-24(34)28-16-18(29(7)25(35)37-13-11-2)14-17-15-19-20(22(31)30(19)21(17)23(32)33)27(6,26(3,4)5)38-39(8)9/h10-11,18-20,39H,1-2,12-16H2,3-9H3,(H,28,34)(H,32,33)/t18-,19-,20-,27-/m1/s1. The number of amides is 3. The van der Waals surface area contributed by atoms with Gasteiger partial charge in [0.2, 0.25) is 5.91 Å². The lowest BCUT2D eigenvalue weighted by molar-refractivity contribution is -0.180. The number of carboxylic acid groups (broad SMARTS) is 1. The summed E-state index contributed by atoms with van der Waals surface area (Å²) in [4.78, 5) is 53.3. The van der Waals surface area contributed by atoms with Crippen molar-refractivity contribution < 1.29 is 38.2 Å². The van der Waals surface area contributed by atoms with Crippen molar-refractivity contribution in [2.24, 2.45) is 11.3 Å². The van der Waals surface area contributed by atoms with Crippen LogP contribution in [0.2, 0.25) is 13.1 Å². The Morgan fingerprint density at radius 3 is 2.28 bits per heavy atom. The molecule has 39 heavy (non-hydrogen) atoms. The number of ether oxygens (including phenoxy) is 2. The van der Waals surface area contributed by atoms with E-state index in [4.69, 9.17) is 13.9 Å². The van der Waals surface area contributed by atoms with E-state index in [0.717, 1.165) is 0 Å². The largest absolute Gasteiger partial charge is 0.477 e. The van der Waals surface area contributed by atoms with Crippen LogP contribution in [0.4, 0.5) is 9.59 Å². The molecule has 2 aliphatic heterocycles. The highest BCUT2D eigenvalue weighted by atomic mass is 28.3. The Labute approximate surface area is 232 Å². The molecule has 12 heteroatoms. The quantitative estimate of drug-likeness (QED) is 0.197. The number of hydrogen-bond donors (Lipinski definition) is 2. The molecule has 218 valence electrons. The van der Waals surface area contributed by atoms with E-state index < -0.39 is 44.8 Å². The Morgan fingerprint density at radius 1 is 1.18 bits per heavy atom. The van der Waals surface area contributed by atoms with Crippen LogP contribution in [-0.4, -0.2) is 92.5 Å².